The zero-order valence-corrected chi connectivity index (χ0v) is 11.7. The molecule has 0 spiro atoms. The SMILES string of the molecule is Cc1cc(C)cc(Oc2nc(Cl)ncc2Br)c1. The fourth-order valence-corrected chi connectivity index (χ4v) is 1.90. The summed E-state index contributed by atoms with van der Waals surface area (Å²) in [6.07, 6.45) is 1.56. The summed E-state index contributed by atoms with van der Waals surface area (Å²) < 4.78 is 6.34. The van der Waals surface area contributed by atoms with Crippen molar-refractivity contribution in [1.82, 2.24) is 9.97 Å². The van der Waals surface area contributed by atoms with Crippen LogP contribution in [0.2, 0.25) is 5.28 Å². The maximum atomic E-state index is 5.72. The van der Waals surface area contributed by atoms with Crippen LogP contribution in [0.3, 0.4) is 0 Å². The van der Waals surface area contributed by atoms with E-state index in [2.05, 4.69) is 32.0 Å². The fraction of sp³-hybridized carbons (Fsp3) is 0.167. The van der Waals surface area contributed by atoms with Gasteiger partial charge in [0.2, 0.25) is 11.2 Å². The molecule has 2 aromatic rings. The normalized spacial score (nSPS) is 10.4. The largest absolute Gasteiger partial charge is 0.438 e. The lowest BCUT2D eigenvalue weighted by Crippen LogP contribution is -1.92. The van der Waals surface area contributed by atoms with Gasteiger partial charge in [0.05, 0.1) is 4.47 Å². The topological polar surface area (TPSA) is 35.0 Å². The molecular formula is C12H10BrClN2O. The second-order valence-electron chi connectivity index (χ2n) is 3.72. The molecule has 0 saturated heterocycles. The average molecular weight is 314 g/mol. The third-order valence-corrected chi connectivity index (χ3v) is 2.82. The van der Waals surface area contributed by atoms with E-state index in [0.717, 1.165) is 16.9 Å². The van der Waals surface area contributed by atoms with E-state index in [1.165, 1.54) is 0 Å². The summed E-state index contributed by atoms with van der Waals surface area (Å²) in [5.74, 6) is 1.15. The summed E-state index contributed by atoms with van der Waals surface area (Å²) >= 11 is 9.04. The van der Waals surface area contributed by atoms with Gasteiger partial charge in [-0.3, -0.25) is 0 Å². The Morgan fingerprint density at radius 1 is 1.18 bits per heavy atom. The number of hydrogen-bond acceptors (Lipinski definition) is 3. The lowest BCUT2D eigenvalue weighted by atomic mass is 10.1. The minimum absolute atomic E-state index is 0.160. The van der Waals surface area contributed by atoms with E-state index in [0.29, 0.717) is 10.4 Å². The minimum atomic E-state index is 0.160. The van der Waals surface area contributed by atoms with Crippen LogP contribution < -0.4 is 4.74 Å². The van der Waals surface area contributed by atoms with Crippen molar-refractivity contribution in [2.45, 2.75) is 13.8 Å². The first-order chi connectivity index (χ1) is 8.04. The molecular weight excluding hydrogens is 304 g/mol. The fourth-order valence-electron chi connectivity index (χ4n) is 1.51. The van der Waals surface area contributed by atoms with Gasteiger partial charge in [-0.1, -0.05) is 6.07 Å². The summed E-state index contributed by atoms with van der Waals surface area (Å²) in [5.41, 5.74) is 2.27. The molecule has 3 nitrogen and oxygen atoms in total. The van der Waals surface area contributed by atoms with Gasteiger partial charge in [-0.15, -0.1) is 0 Å². The predicted molar refractivity (Wildman–Crippen MR) is 70.7 cm³/mol. The zero-order valence-electron chi connectivity index (χ0n) is 9.37. The Morgan fingerprint density at radius 2 is 1.82 bits per heavy atom. The summed E-state index contributed by atoms with van der Waals surface area (Å²) in [4.78, 5) is 7.86. The van der Waals surface area contributed by atoms with Crippen molar-refractivity contribution in [3.8, 4) is 11.6 Å². The molecule has 0 aliphatic carbocycles. The van der Waals surface area contributed by atoms with Crippen molar-refractivity contribution in [1.29, 1.82) is 0 Å². The summed E-state index contributed by atoms with van der Waals surface area (Å²) in [6.45, 7) is 4.03. The van der Waals surface area contributed by atoms with Gasteiger partial charge in [0.1, 0.15) is 5.75 Å². The molecule has 5 heteroatoms. The van der Waals surface area contributed by atoms with Crippen LogP contribution in [-0.2, 0) is 0 Å². The molecule has 0 bridgehead atoms. The van der Waals surface area contributed by atoms with Crippen LogP contribution in [0.1, 0.15) is 11.1 Å². The molecule has 88 valence electrons. The minimum Gasteiger partial charge on any atom is -0.438 e. The molecule has 0 unspecified atom stereocenters. The van der Waals surface area contributed by atoms with Crippen LogP contribution in [0.4, 0.5) is 0 Å². The summed E-state index contributed by atoms with van der Waals surface area (Å²) in [6, 6.07) is 5.96. The van der Waals surface area contributed by atoms with E-state index in [1.807, 2.05) is 26.0 Å². The number of benzene rings is 1. The molecule has 0 saturated carbocycles. The molecule has 0 N–H and O–H groups in total. The highest BCUT2D eigenvalue weighted by Gasteiger charge is 2.07. The molecule has 1 aromatic carbocycles. The summed E-state index contributed by atoms with van der Waals surface area (Å²) in [5, 5.41) is 0.160. The highest BCUT2D eigenvalue weighted by atomic mass is 79.9. The number of nitrogens with zero attached hydrogens (tertiary/aromatic N) is 2. The molecule has 0 radical (unpaired) electrons. The molecule has 17 heavy (non-hydrogen) atoms. The van der Waals surface area contributed by atoms with Crippen LogP contribution in [0.15, 0.2) is 28.9 Å². The number of aromatic nitrogens is 2. The first kappa shape index (κ1) is 12.3. The Hall–Kier alpha value is -1.13. The third kappa shape index (κ3) is 3.17. The van der Waals surface area contributed by atoms with E-state index in [1.54, 1.807) is 6.20 Å². The first-order valence-electron chi connectivity index (χ1n) is 4.99. The highest BCUT2D eigenvalue weighted by molar-refractivity contribution is 9.10. The second-order valence-corrected chi connectivity index (χ2v) is 4.91. The zero-order chi connectivity index (χ0) is 12.4. The Bertz CT molecular complexity index is 540. The number of rotatable bonds is 2. The number of hydrogen-bond donors (Lipinski definition) is 0. The van der Waals surface area contributed by atoms with Crippen molar-refractivity contribution in [3.05, 3.63) is 45.3 Å². The van der Waals surface area contributed by atoms with Gasteiger partial charge in [-0.05, 0) is 64.6 Å². The lowest BCUT2D eigenvalue weighted by molar-refractivity contribution is 0.457. The van der Waals surface area contributed by atoms with E-state index >= 15 is 0 Å². The molecule has 1 heterocycles. The van der Waals surface area contributed by atoms with E-state index in [4.69, 9.17) is 16.3 Å². The van der Waals surface area contributed by atoms with Crippen LogP contribution in [0, 0.1) is 13.8 Å². The molecule has 0 atom stereocenters. The van der Waals surface area contributed by atoms with Crippen molar-refractivity contribution in [2.75, 3.05) is 0 Å². The molecule has 1 aromatic heterocycles. The quantitative estimate of drug-likeness (QED) is 0.775. The van der Waals surface area contributed by atoms with Crippen LogP contribution in [0.25, 0.3) is 0 Å². The van der Waals surface area contributed by atoms with E-state index in [-0.39, 0.29) is 5.28 Å². The number of aryl methyl sites for hydroxylation is 2. The summed E-state index contributed by atoms with van der Waals surface area (Å²) in [7, 11) is 0. The number of halogens is 2. The van der Waals surface area contributed by atoms with Gasteiger partial charge in [-0.2, -0.15) is 4.98 Å². The molecule has 0 amide bonds. The van der Waals surface area contributed by atoms with Crippen LogP contribution in [0.5, 0.6) is 11.6 Å². The lowest BCUT2D eigenvalue weighted by Gasteiger charge is -2.08. The first-order valence-corrected chi connectivity index (χ1v) is 6.16. The number of ether oxygens (including phenoxy) is 1. The standard InChI is InChI=1S/C12H10BrClN2O/c1-7-3-8(2)5-9(4-7)17-11-10(13)6-15-12(14)16-11/h3-6H,1-2H3. The maximum Gasteiger partial charge on any atom is 0.237 e. The Balaban J connectivity index is 2.34. The Kier molecular flexibility index (Phi) is 3.64. The van der Waals surface area contributed by atoms with Crippen molar-refractivity contribution in [3.63, 3.8) is 0 Å². The van der Waals surface area contributed by atoms with Gasteiger partial charge < -0.3 is 4.74 Å². The van der Waals surface area contributed by atoms with E-state index in [9.17, 15) is 0 Å². The Morgan fingerprint density at radius 3 is 2.47 bits per heavy atom. The highest BCUT2D eigenvalue weighted by Crippen LogP contribution is 2.28. The average Bonchev–Trinajstić information content (AvgIpc) is 2.22. The van der Waals surface area contributed by atoms with Gasteiger partial charge in [-0.25, -0.2) is 4.98 Å². The van der Waals surface area contributed by atoms with Crippen molar-refractivity contribution >= 4 is 27.5 Å². The Labute approximate surface area is 113 Å². The van der Waals surface area contributed by atoms with Crippen molar-refractivity contribution < 1.29 is 4.74 Å². The molecule has 0 aliphatic heterocycles. The van der Waals surface area contributed by atoms with Gasteiger partial charge >= 0.3 is 0 Å². The maximum absolute atomic E-state index is 5.72. The van der Waals surface area contributed by atoms with Crippen LogP contribution >= 0.6 is 27.5 Å². The van der Waals surface area contributed by atoms with Gasteiger partial charge in [0.15, 0.2) is 0 Å². The second kappa shape index (κ2) is 5.02. The van der Waals surface area contributed by atoms with Crippen LogP contribution in [-0.4, -0.2) is 9.97 Å². The molecule has 0 aliphatic rings. The smallest absolute Gasteiger partial charge is 0.237 e. The molecule has 0 fully saturated rings. The monoisotopic (exact) mass is 312 g/mol. The van der Waals surface area contributed by atoms with Gasteiger partial charge in [0, 0.05) is 6.20 Å². The predicted octanol–water partition coefficient (Wildman–Crippen LogP) is 4.30. The molecule has 2 rings (SSSR count). The van der Waals surface area contributed by atoms with E-state index < -0.39 is 0 Å². The third-order valence-electron chi connectivity index (χ3n) is 2.09. The van der Waals surface area contributed by atoms with Gasteiger partial charge in [0.25, 0.3) is 0 Å². The van der Waals surface area contributed by atoms with Crippen molar-refractivity contribution in [2.24, 2.45) is 0 Å².